The van der Waals surface area contributed by atoms with Crippen LogP contribution in [0, 0.1) is 0 Å². The Morgan fingerprint density at radius 1 is 1.04 bits per heavy atom. The van der Waals surface area contributed by atoms with Gasteiger partial charge in [-0.05, 0) is 54.4 Å². The summed E-state index contributed by atoms with van der Waals surface area (Å²) in [6, 6.07) is 16.6. The van der Waals surface area contributed by atoms with Crippen molar-refractivity contribution in [3.63, 3.8) is 0 Å². The molecule has 2 aromatic rings. The summed E-state index contributed by atoms with van der Waals surface area (Å²) in [6.07, 6.45) is 2.60. The summed E-state index contributed by atoms with van der Waals surface area (Å²) in [5.41, 5.74) is 10.2. The molecule has 0 aromatic heterocycles. The van der Waals surface area contributed by atoms with E-state index in [1.165, 1.54) is 22.3 Å². The third kappa shape index (κ3) is 2.73. The smallest absolute Gasteiger partial charge is 0.407 e. The summed E-state index contributed by atoms with van der Waals surface area (Å²) < 4.78 is 5.68. The molecule has 0 radical (unpaired) electrons. The average Bonchev–Trinajstić information content (AvgIpc) is 3.02. The number of carbonyl (C=O) groups is 1. The second kappa shape index (κ2) is 6.33. The third-order valence-corrected chi connectivity index (χ3v) is 7.10. The van der Waals surface area contributed by atoms with Crippen molar-refractivity contribution in [3.8, 4) is 11.1 Å². The minimum Gasteiger partial charge on any atom is -0.449 e. The molecule has 0 heterocycles. The normalized spacial score (nSPS) is 30.6. The van der Waals surface area contributed by atoms with E-state index >= 15 is 0 Å². The predicted molar refractivity (Wildman–Crippen MR) is 107 cm³/mol. The zero-order chi connectivity index (χ0) is 19.4. The molecule has 5 heteroatoms. The Hall–Kier alpha value is -2.37. The van der Waals surface area contributed by atoms with Crippen LogP contribution in [0.2, 0.25) is 0 Å². The number of fused-ring (bicyclic) bond motifs is 6. The quantitative estimate of drug-likeness (QED) is 0.765. The number of nitrogens with two attached hydrogens (primary N) is 1. The van der Waals surface area contributed by atoms with Gasteiger partial charge in [-0.1, -0.05) is 48.5 Å². The molecule has 1 atom stereocenters. The average molecular weight is 378 g/mol. The third-order valence-electron chi connectivity index (χ3n) is 7.10. The van der Waals surface area contributed by atoms with Gasteiger partial charge < -0.3 is 20.9 Å². The highest BCUT2D eigenvalue weighted by molar-refractivity contribution is 5.79. The molecule has 4 aliphatic rings. The van der Waals surface area contributed by atoms with Gasteiger partial charge in [0.2, 0.25) is 0 Å². The lowest BCUT2D eigenvalue weighted by Gasteiger charge is -2.54. The number of benzene rings is 2. The van der Waals surface area contributed by atoms with Crippen molar-refractivity contribution in [2.75, 3.05) is 6.61 Å². The summed E-state index contributed by atoms with van der Waals surface area (Å²) in [7, 11) is 0. The molecule has 0 aliphatic heterocycles. The first-order valence-corrected chi connectivity index (χ1v) is 10.1. The summed E-state index contributed by atoms with van der Waals surface area (Å²) in [5, 5.41) is 13.4. The number of rotatable bonds is 3. The minimum atomic E-state index is -0.566. The van der Waals surface area contributed by atoms with Crippen LogP contribution in [0.5, 0.6) is 0 Å². The van der Waals surface area contributed by atoms with E-state index in [0.717, 1.165) is 25.7 Å². The van der Waals surface area contributed by atoms with Crippen molar-refractivity contribution in [1.29, 1.82) is 0 Å². The SMILES string of the molecule is NC12CCC(NC(=O)OCC3c4ccccc4-c4ccccc43)(CC1)C[C@H]2O. The monoisotopic (exact) mass is 378 g/mol. The number of ether oxygens (including phenoxy) is 1. The number of aliphatic hydroxyl groups excluding tert-OH is 1. The van der Waals surface area contributed by atoms with Crippen molar-refractivity contribution >= 4 is 6.09 Å². The Morgan fingerprint density at radius 2 is 1.61 bits per heavy atom. The van der Waals surface area contributed by atoms with Gasteiger partial charge in [-0.3, -0.25) is 0 Å². The molecule has 0 saturated heterocycles. The number of hydrogen-bond donors (Lipinski definition) is 3. The highest BCUT2D eigenvalue weighted by Gasteiger charge is 2.53. The first-order valence-electron chi connectivity index (χ1n) is 10.1. The summed E-state index contributed by atoms with van der Waals surface area (Å²) >= 11 is 0. The number of amides is 1. The van der Waals surface area contributed by atoms with E-state index in [1.54, 1.807) is 0 Å². The van der Waals surface area contributed by atoms with Gasteiger partial charge in [0.15, 0.2) is 0 Å². The second-order valence-electron chi connectivity index (χ2n) is 8.68. The van der Waals surface area contributed by atoms with Gasteiger partial charge in [0.1, 0.15) is 6.61 Å². The molecule has 6 rings (SSSR count). The standard InChI is InChI=1S/C23H26N2O3/c24-23-11-9-22(10-12-23,13-20(23)26)25-21(27)28-14-19-17-7-3-1-5-15(17)16-6-2-4-8-18(16)19/h1-8,19-20,26H,9-14,24H2,(H,25,27)/t20-,22?,23?/m1/s1. The maximum atomic E-state index is 12.6. The summed E-state index contributed by atoms with van der Waals surface area (Å²) in [4.78, 5) is 12.6. The molecule has 5 nitrogen and oxygen atoms in total. The van der Waals surface area contributed by atoms with Gasteiger partial charge in [0.05, 0.1) is 6.10 Å². The van der Waals surface area contributed by atoms with Crippen LogP contribution in [0.25, 0.3) is 11.1 Å². The Kier molecular flexibility index (Phi) is 4.00. The van der Waals surface area contributed by atoms with E-state index < -0.39 is 17.7 Å². The second-order valence-corrected chi connectivity index (χ2v) is 8.68. The van der Waals surface area contributed by atoms with Crippen molar-refractivity contribution in [2.45, 2.75) is 55.2 Å². The molecule has 4 N–H and O–H groups in total. The zero-order valence-electron chi connectivity index (χ0n) is 15.9. The fraction of sp³-hybridized carbons (Fsp3) is 0.435. The molecule has 0 spiro atoms. The first kappa shape index (κ1) is 17.7. The van der Waals surface area contributed by atoms with Crippen LogP contribution in [0.3, 0.4) is 0 Å². The molecule has 2 bridgehead atoms. The first-order chi connectivity index (χ1) is 13.5. The molecule has 3 fully saturated rings. The molecule has 28 heavy (non-hydrogen) atoms. The van der Waals surface area contributed by atoms with Crippen LogP contribution in [-0.4, -0.2) is 35.0 Å². The van der Waals surface area contributed by atoms with Gasteiger partial charge in [-0.25, -0.2) is 4.79 Å². The van der Waals surface area contributed by atoms with Crippen LogP contribution in [0.4, 0.5) is 4.79 Å². The van der Waals surface area contributed by atoms with Crippen LogP contribution in [0.1, 0.15) is 49.1 Å². The number of carbonyl (C=O) groups excluding carboxylic acids is 1. The van der Waals surface area contributed by atoms with Crippen molar-refractivity contribution < 1.29 is 14.6 Å². The van der Waals surface area contributed by atoms with Crippen molar-refractivity contribution in [3.05, 3.63) is 59.7 Å². The Labute approximate surface area is 164 Å². The largest absolute Gasteiger partial charge is 0.449 e. The van der Waals surface area contributed by atoms with Crippen molar-refractivity contribution in [1.82, 2.24) is 5.32 Å². The van der Waals surface area contributed by atoms with Crippen molar-refractivity contribution in [2.24, 2.45) is 5.73 Å². The van der Waals surface area contributed by atoms with E-state index in [-0.39, 0.29) is 11.5 Å². The fourth-order valence-corrected chi connectivity index (χ4v) is 5.33. The molecular weight excluding hydrogens is 352 g/mol. The molecule has 3 saturated carbocycles. The molecule has 2 aromatic carbocycles. The topological polar surface area (TPSA) is 84.6 Å². The van der Waals surface area contributed by atoms with Gasteiger partial charge in [0.25, 0.3) is 0 Å². The van der Waals surface area contributed by atoms with Gasteiger partial charge >= 0.3 is 6.09 Å². The Morgan fingerprint density at radius 3 is 2.18 bits per heavy atom. The van der Waals surface area contributed by atoms with E-state index in [2.05, 4.69) is 29.6 Å². The van der Waals surface area contributed by atoms with E-state index in [9.17, 15) is 9.90 Å². The molecular formula is C23H26N2O3. The zero-order valence-corrected chi connectivity index (χ0v) is 15.9. The molecule has 0 unspecified atom stereocenters. The van der Waals surface area contributed by atoms with E-state index in [0.29, 0.717) is 13.0 Å². The van der Waals surface area contributed by atoms with Gasteiger partial charge in [-0.2, -0.15) is 0 Å². The fourth-order valence-electron chi connectivity index (χ4n) is 5.33. The maximum absolute atomic E-state index is 12.6. The Bertz CT molecular complexity index is 872. The van der Waals surface area contributed by atoms with Crippen LogP contribution in [-0.2, 0) is 4.74 Å². The minimum absolute atomic E-state index is 0.0515. The van der Waals surface area contributed by atoms with Crippen LogP contribution >= 0.6 is 0 Å². The van der Waals surface area contributed by atoms with Crippen LogP contribution < -0.4 is 11.1 Å². The maximum Gasteiger partial charge on any atom is 0.407 e. The number of aliphatic hydroxyl groups is 1. The number of alkyl carbamates (subject to hydrolysis) is 1. The van der Waals surface area contributed by atoms with Gasteiger partial charge in [-0.15, -0.1) is 0 Å². The lowest BCUT2D eigenvalue weighted by atomic mass is 9.60. The summed E-state index contributed by atoms with van der Waals surface area (Å²) in [6.45, 7) is 0.305. The Balaban J connectivity index is 1.29. The van der Waals surface area contributed by atoms with E-state index in [1.807, 2.05) is 24.3 Å². The van der Waals surface area contributed by atoms with Gasteiger partial charge in [0, 0.05) is 17.0 Å². The highest BCUT2D eigenvalue weighted by atomic mass is 16.5. The predicted octanol–water partition coefficient (Wildman–Crippen LogP) is 3.30. The molecule has 1 amide bonds. The molecule has 146 valence electrons. The van der Waals surface area contributed by atoms with E-state index in [4.69, 9.17) is 10.5 Å². The highest BCUT2D eigenvalue weighted by Crippen LogP contribution is 2.46. The lowest BCUT2D eigenvalue weighted by molar-refractivity contribution is -0.0428. The number of hydrogen-bond acceptors (Lipinski definition) is 4. The summed E-state index contributed by atoms with van der Waals surface area (Å²) in [5.74, 6) is 0.0515. The van der Waals surface area contributed by atoms with Crippen LogP contribution in [0.15, 0.2) is 48.5 Å². The molecule has 4 aliphatic carbocycles. The lowest BCUT2D eigenvalue weighted by Crippen LogP contribution is -2.68. The number of nitrogens with one attached hydrogen (secondary N) is 1.